The number of hydrogen-bond acceptors (Lipinski definition) is 7. The smallest absolute Gasteiger partial charge is 0.296 e. The van der Waals surface area contributed by atoms with Crippen LogP contribution in [0.4, 0.5) is 5.69 Å². The number of likely N-dealkylation sites (N-methyl/N-ethyl adjacent to an activating group) is 1. The van der Waals surface area contributed by atoms with Crippen LogP contribution in [-0.4, -0.2) is 83.5 Å². The number of imidazole rings is 1. The number of carbonyl (C=O) groups excluding carboxylic acids is 1. The number of aliphatic hydroxyl groups excluding tert-OH is 1. The largest absolute Gasteiger partial charge is 0.461 e. The van der Waals surface area contributed by atoms with Crippen molar-refractivity contribution in [2.24, 2.45) is 5.92 Å². The molecule has 1 aliphatic carbocycles. The molecule has 5 rings (SSSR count). The Bertz CT molecular complexity index is 1160. The van der Waals surface area contributed by atoms with Gasteiger partial charge >= 0.3 is 0 Å². The molecule has 0 unspecified atom stereocenters. The monoisotopic (exact) mass is 485 g/mol. The van der Waals surface area contributed by atoms with Gasteiger partial charge in [0.15, 0.2) is 5.65 Å². The number of morpholine rings is 1. The van der Waals surface area contributed by atoms with Crippen LogP contribution in [0.5, 0.6) is 6.01 Å². The highest BCUT2D eigenvalue weighted by molar-refractivity contribution is 6.33. The van der Waals surface area contributed by atoms with Gasteiger partial charge < -0.3 is 29.4 Å². The minimum Gasteiger partial charge on any atom is -0.461 e. The van der Waals surface area contributed by atoms with Crippen molar-refractivity contribution >= 4 is 34.4 Å². The zero-order chi connectivity index (χ0) is 23.7. The summed E-state index contributed by atoms with van der Waals surface area (Å²) >= 11 is 6.55. The maximum atomic E-state index is 12.3. The Labute approximate surface area is 202 Å². The SMILES string of the molecule is CN(CCO)C(=O)C1CC(Oc2nc3nc(-c4ccc(N5CCOCC5)cc4)c(Cl)cc3[nH]2)C1. The number of aromatic nitrogens is 3. The fourth-order valence-electron chi connectivity index (χ4n) is 4.40. The lowest BCUT2D eigenvalue weighted by molar-refractivity contribution is -0.140. The van der Waals surface area contributed by atoms with Crippen molar-refractivity contribution in [1.82, 2.24) is 19.9 Å². The minimum absolute atomic E-state index is 0.0382. The molecule has 0 bridgehead atoms. The summed E-state index contributed by atoms with van der Waals surface area (Å²) < 4.78 is 11.4. The number of nitrogens with zero attached hydrogens (tertiary/aromatic N) is 4. The van der Waals surface area contributed by atoms with Crippen LogP contribution < -0.4 is 9.64 Å². The van der Waals surface area contributed by atoms with Crippen molar-refractivity contribution in [1.29, 1.82) is 0 Å². The third kappa shape index (κ3) is 4.68. The average Bonchev–Trinajstić information content (AvgIpc) is 3.22. The Morgan fingerprint density at radius 1 is 1.26 bits per heavy atom. The summed E-state index contributed by atoms with van der Waals surface area (Å²) in [5.41, 5.74) is 3.97. The van der Waals surface area contributed by atoms with Crippen molar-refractivity contribution in [3.05, 3.63) is 35.4 Å². The van der Waals surface area contributed by atoms with Gasteiger partial charge in [-0.3, -0.25) is 4.79 Å². The van der Waals surface area contributed by atoms with Gasteiger partial charge in [-0.1, -0.05) is 23.7 Å². The molecule has 1 amide bonds. The number of rotatable bonds is 7. The van der Waals surface area contributed by atoms with E-state index in [4.69, 9.17) is 26.2 Å². The van der Waals surface area contributed by atoms with Gasteiger partial charge in [0.1, 0.15) is 6.10 Å². The molecule has 3 aromatic rings. The van der Waals surface area contributed by atoms with Gasteiger partial charge in [-0.15, -0.1) is 0 Å². The average molecular weight is 486 g/mol. The molecule has 1 aromatic carbocycles. The first-order valence-electron chi connectivity index (χ1n) is 11.5. The molecule has 0 spiro atoms. The third-order valence-electron chi connectivity index (χ3n) is 6.46. The number of pyridine rings is 1. The number of carbonyl (C=O) groups is 1. The molecule has 0 atom stereocenters. The number of ether oxygens (including phenoxy) is 2. The van der Waals surface area contributed by atoms with E-state index in [1.54, 1.807) is 11.9 Å². The summed E-state index contributed by atoms with van der Waals surface area (Å²) in [6, 6.07) is 10.4. The Balaban J connectivity index is 1.26. The van der Waals surface area contributed by atoms with Crippen LogP contribution >= 0.6 is 11.6 Å². The summed E-state index contributed by atoms with van der Waals surface area (Å²) in [7, 11) is 1.70. The fourth-order valence-corrected chi connectivity index (χ4v) is 4.66. The molecule has 3 heterocycles. The molecule has 180 valence electrons. The van der Waals surface area contributed by atoms with E-state index in [-0.39, 0.29) is 24.5 Å². The summed E-state index contributed by atoms with van der Waals surface area (Å²) in [5.74, 6) is -0.0400. The number of fused-ring (bicyclic) bond motifs is 1. The van der Waals surface area contributed by atoms with Gasteiger partial charge in [-0.2, -0.15) is 4.98 Å². The Morgan fingerprint density at radius 2 is 2.00 bits per heavy atom. The second-order valence-corrected chi connectivity index (χ2v) is 9.18. The number of nitrogens with one attached hydrogen (secondary N) is 1. The van der Waals surface area contributed by atoms with E-state index in [1.807, 2.05) is 18.2 Å². The first kappa shape index (κ1) is 22.9. The Kier molecular flexibility index (Phi) is 6.58. The highest BCUT2D eigenvalue weighted by atomic mass is 35.5. The maximum Gasteiger partial charge on any atom is 0.296 e. The van der Waals surface area contributed by atoms with Gasteiger partial charge in [-0.05, 0) is 31.0 Å². The number of H-pyrrole nitrogens is 1. The van der Waals surface area contributed by atoms with Gasteiger partial charge in [-0.25, -0.2) is 4.98 Å². The van der Waals surface area contributed by atoms with Gasteiger partial charge in [0, 0.05) is 43.9 Å². The number of halogens is 1. The molecular formula is C24H28ClN5O4. The molecule has 10 heteroatoms. The number of aliphatic hydroxyl groups is 1. The zero-order valence-corrected chi connectivity index (χ0v) is 19.8. The molecule has 1 saturated carbocycles. The Hall–Kier alpha value is -2.88. The first-order valence-corrected chi connectivity index (χ1v) is 11.9. The molecule has 0 radical (unpaired) electrons. The third-order valence-corrected chi connectivity index (χ3v) is 6.74. The topological polar surface area (TPSA) is 104 Å². The van der Waals surface area contributed by atoms with Crippen LogP contribution in [0.1, 0.15) is 12.8 Å². The van der Waals surface area contributed by atoms with Crippen LogP contribution in [0, 0.1) is 5.92 Å². The summed E-state index contributed by atoms with van der Waals surface area (Å²) in [5, 5.41) is 9.53. The molecule has 2 aromatic heterocycles. The van der Waals surface area contributed by atoms with Crippen molar-refractivity contribution in [3.8, 4) is 17.3 Å². The van der Waals surface area contributed by atoms with Crippen LogP contribution in [0.2, 0.25) is 5.02 Å². The summed E-state index contributed by atoms with van der Waals surface area (Å²) in [6.45, 7) is 3.56. The zero-order valence-electron chi connectivity index (χ0n) is 19.0. The molecule has 1 aliphatic heterocycles. The number of hydrogen-bond donors (Lipinski definition) is 2. The predicted molar refractivity (Wildman–Crippen MR) is 129 cm³/mol. The van der Waals surface area contributed by atoms with Gasteiger partial charge in [0.2, 0.25) is 5.91 Å². The van der Waals surface area contributed by atoms with Gasteiger partial charge in [0.25, 0.3) is 6.01 Å². The second kappa shape index (κ2) is 9.77. The normalized spacial score (nSPS) is 20.3. The van der Waals surface area contributed by atoms with Crippen LogP contribution in [0.3, 0.4) is 0 Å². The van der Waals surface area contributed by atoms with Crippen LogP contribution in [-0.2, 0) is 9.53 Å². The molecule has 2 aliphatic rings. The molecule has 9 nitrogen and oxygen atoms in total. The standard InChI is InChI=1S/C24H28ClN5O4/c1-29(6-9-31)23(32)16-12-18(13-16)34-24-26-20-14-19(25)21(27-22(20)28-24)15-2-4-17(5-3-15)30-7-10-33-11-8-30/h2-5,14,16,18,31H,6-13H2,1H3,(H,26,27,28). The number of aromatic amines is 1. The lowest BCUT2D eigenvalue weighted by Crippen LogP contribution is -2.45. The van der Waals surface area contributed by atoms with E-state index in [1.165, 1.54) is 0 Å². The molecule has 2 N–H and O–H groups in total. The molecular weight excluding hydrogens is 458 g/mol. The van der Waals surface area contributed by atoms with Crippen molar-refractivity contribution in [2.75, 3.05) is 51.4 Å². The number of benzene rings is 1. The second-order valence-electron chi connectivity index (χ2n) is 8.77. The number of anilines is 1. The predicted octanol–water partition coefficient (Wildman–Crippen LogP) is 2.72. The van der Waals surface area contributed by atoms with E-state index in [9.17, 15) is 4.79 Å². The van der Waals surface area contributed by atoms with Crippen LogP contribution in [0.15, 0.2) is 30.3 Å². The lowest BCUT2D eigenvalue weighted by atomic mass is 9.81. The molecule has 2 fully saturated rings. The van der Waals surface area contributed by atoms with E-state index >= 15 is 0 Å². The van der Waals surface area contributed by atoms with E-state index in [0.717, 1.165) is 37.6 Å². The quantitative estimate of drug-likeness (QED) is 0.530. The minimum atomic E-state index is -0.0836. The molecule has 1 saturated heterocycles. The summed E-state index contributed by atoms with van der Waals surface area (Å²) in [6.07, 6.45) is 1.17. The van der Waals surface area contributed by atoms with Crippen molar-refractivity contribution in [2.45, 2.75) is 18.9 Å². The van der Waals surface area contributed by atoms with E-state index < -0.39 is 0 Å². The first-order chi connectivity index (χ1) is 16.5. The lowest BCUT2D eigenvalue weighted by Gasteiger charge is -2.35. The maximum absolute atomic E-state index is 12.3. The Morgan fingerprint density at radius 3 is 2.71 bits per heavy atom. The van der Waals surface area contributed by atoms with E-state index in [2.05, 4.69) is 32.0 Å². The summed E-state index contributed by atoms with van der Waals surface area (Å²) in [4.78, 5) is 28.4. The van der Waals surface area contributed by atoms with Crippen molar-refractivity contribution < 1.29 is 19.4 Å². The van der Waals surface area contributed by atoms with Crippen molar-refractivity contribution in [3.63, 3.8) is 0 Å². The van der Waals surface area contributed by atoms with E-state index in [0.29, 0.717) is 47.3 Å². The highest BCUT2D eigenvalue weighted by Gasteiger charge is 2.38. The fraction of sp³-hybridized carbons (Fsp3) is 0.458. The van der Waals surface area contributed by atoms with Gasteiger partial charge in [0.05, 0.1) is 36.1 Å². The highest BCUT2D eigenvalue weighted by Crippen LogP contribution is 2.34. The number of amides is 1. The van der Waals surface area contributed by atoms with Crippen LogP contribution in [0.25, 0.3) is 22.4 Å². The molecule has 34 heavy (non-hydrogen) atoms.